The zero-order chi connectivity index (χ0) is 42.5. The number of benzene rings is 3. The van der Waals surface area contributed by atoms with Crippen molar-refractivity contribution in [2.45, 2.75) is 104 Å². The number of ether oxygens (including phenoxy) is 2. The van der Waals surface area contributed by atoms with Crippen molar-refractivity contribution in [3.8, 4) is 21.9 Å². The molecule has 3 aromatic carbocycles. The van der Waals surface area contributed by atoms with Crippen molar-refractivity contribution in [1.29, 1.82) is 0 Å². The zero-order valence-electron chi connectivity index (χ0n) is 36.3. The highest BCUT2D eigenvalue weighted by atomic mass is 32.1. The second-order valence-electron chi connectivity index (χ2n) is 17.4. The smallest absolute Gasteiger partial charge is 0.209 e. The second-order valence-corrected chi connectivity index (χ2v) is 19.6. The van der Waals surface area contributed by atoms with Crippen molar-refractivity contribution in [1.82, 2.24) is 0 Å². The van der Waals surface area contributed by atoms with Gasteiger partial charge in [0, 0.05) is 63.1 Å². The van der Waals surface area contributed by atoms with Crippen LogP contribution < -0.4 is 14.4 Å². The Morgan fingerprint density at radius 1 is 0.783 bits per heavy atom. The number of carbonyl (C=O) groups is 2. The van der Waals surface area contributed by atoms with Gasteiger partial charge in [0.2, 0.25) is 11.5 Å². The molecule has 7 nitrogen and oxygen atoms in total. The van der Waals surface area contributed by atoms with E-state index in [0.29, 0.717) is 16.0 Å². The Kier molecular flexibility index (Phi) is 11.5. The summed E-state index contributed by atoms with van der Waals surface area (Å²) in [5.74, 6) is 1.45. The highest BCUT2D eigenvalue weighted by Gasteiger charge is 2.47. The first-order valence-electron chi connectivity index (χ1n) is 21.6. The lowest BCUT2D eigenvalue weighted by molar-refractivity contribution is -0.438. The molecular formula is C51H57N2O5S2+. The third kappa shape index (κ3) is 6.82. The van der Waals surface area contributed by atoms with E-state index in [1.807, 2.05) is 18.2 Å². The maximum atomic E-state index is 14.2. The monoisotopic (exact) mass is 841 g/mol. The van der Waals surface area contributed by atoms with Crippen molar-refractivity contribution < 1.29 is 28.7 Å². The molecule has 4 heterocycles. The van der Waals surface area contributed by atoms with Crippen molar-refractivity contribution in [2.24, 2.45) is 0 Å². The van der Waals surface area contributed by atoms with E-state index >= 15 is 0 Å². The third-order valence-electron chi connectivity index (χ3n) is 12.9. The number of anilines is 1. The lowest BCUT2D eigenvalue weighted by atomic mass is 9.77. The number of hydrogen-bond acceptors (Lipinski definition) is 8. The summed E-state index contributed by atoms with van der Waals surface area (Å²) >= 11 is 3.07. The van der Waals surface area contributed by atoms with Crippen LogP contribution in [0.15, 0.2) is 89.4 Å². The fraction of sp³-hybridized carbons (Fsp3) is 0.392. The maximum Gasteiger partial charge on any atom is 0.209 e. The van der Waals surface area contributed by atoms with Gasteiger partial charge >= 0.3 is 0 Å². The average Bonchev–Trinajstić information content (AvgIpc) is 3.98. The van der Waals surface area contributed by atoms with Gasteiger partial charge in [0.1, 0.15) is 23.8 Å². The third-order valence-corrected chi connectivity index (χ3v) is 15.2. The fourth-order valence-electron chi connectivity index (χ4n) is 9.58. The van der Waals surface area contributed by atoms with Crippen LogP contribution in [-0.2, 0) is 15.6 Å². The van der Waals surface area contributed by atoms with Gasteiger partial charge in [-0.25, -0.2) is 0 Å². The van der Waals surface area contributed by atoms with Gasteiger partial charge in [-0.05, 0) is 74.2 Å². The number of hydrogen-bond donors (Lipinski definition) is 1. The molecule has 0 unspecified atom stereocenters. The largest absolute Gasteiger partial charge is 0.506 e. The molecule has 5 aromatic rings. The minimum absolute atomic E-state index is 0.0735. The van der Waals surface area contributed by atoms with Gasteiger partial charge in [-0.1, -0.05) is 78.0 Å². The van der Waals surface area contributed by atoms with E-state index in [2.05, 4.69) is 99.5 Å². The summed E-state index contributed by atoms with van der Waals surface area (Å²) in [7, 11) is 3.35. The predicted octanol–water partition coefficient (Wildman–Crippen LogP) is 13.2. The summed E-state index contributed by atoms with van der Waals surface area (Å²) in [6.07, 6.45) is 13.9. The number of aliphatic hydroxyl groups excluding tert-OH is 1. The molecule has 0 atom stereocenters. The quantitative estimate of drug-likeness (QED) is 0.0461. The molecule has 3 aliphatic rings. The van der Waals surface area contributed by atoms with Gasteiger partial charge in [-0.15, -0.1) is 22.7 Å². The number of methoxy groups -OCH3 is 2. The van der Waals surface area contributed by atoms with Crippen molar-refractivity contribution in [3.05, 3.63) is 105 Å². The molecule has 2 aromatic heterocycles. The number of ketones is 1. The molecule has 0 saturated heterocycles. The van der Waals surface area contributed by atoms with Crippen molar-refractivity contribution in [3.63, 3.8) is 0 Å². The number of Topliss-reactive ketones (excluding diaryl/α,β-unsaturated/α-hetero) is 1. The van der Waals surface area contributed by atoms with E-state index in [4.69, 9.17) is 9.47 Å². The lowest BCUT2D eigenvalue weighted by Crippen LogP contribution is -2.32. The number of nitrogens with zero attached hydrogens (tertiary/aromatic N) is 2. The van der Waals surface area contributed by atoms with Crippen LogP contribution in [0.4, 0.5) is 11.4 Å². The highest BCUT2D eigenvalue weighted by molar-refractivity contribution is 7.24. The Hall–Kier alpha value is -4.99. The molecule has 0 saturated carbocycles. The Balaban J connectivity index is 1.18. The second kappa shape index (κ2) is 16.5. The Morgan fingerprint density at radius 2 is 1.47 bits per heavy atom. The van der Waals surface area contributed by atoms with Crippen LogP contribution in [0.25, 0.3) is 30.6 Å². The molecule has 1 aliphatic carbocycles. The summed E-state index contributed by atoms with van der Waals surface area (Å²) in [5, 5.41) is 13.6. The number of fused-ring (bicyclic) bond motifs is 4. The summed E-state index contributed by atoms with van der Waals surface area (Å²) in [6, 6.07) is 19.3. The molecule has 312 valence electrons. The standard InChI is InChI=1S/C51H56N2O5S2/c1-9-11-13-17-23-52-39-20-16-15-19-37(39)50(3,4)42(52)28-33-44(55)34(45(33)56)29-43-51(5,6)38-25-31(21-22-40(38)53(43)24-18-14-12-10-2)41-27-36-47(58-8)48-35(26-32(30-54)59-48)46(57-7)49(36)60-41/h15-16,19-22,25-30H,9-14,17-18,23-24H2,1-8H3/p+1. The minimum Gasteiger partial charge on any atom is -0.506 e. The number of aliphatic hydroxyl groups is 1. The highest BCUT2D eigenvalue weighted by Crippen LogP contribution is 2.53. The van der Waals surface area contributed by atoms with Crippen molar-refractivity contribution >= 4 is 72.0 Å². The van der Waals surface area contributed by atoms with Gasteiger partial charge in [-0.3, -0.25) is 9.59 Å². The Bertz CT molecular complexity index is 2610. The minimum atomic E-state index is -0.456. The first kappa shape index (κ1) is 41.7. The van der Waals surface area contributed by atoms with Crippen LogP contribution in [-0.4, -0.2) is 54.8 Å². The molecule has 0 bridgehead atoms. The van der Waals surface area contributed by atoms with Crippen LogP contribution in [0.1, 0.15) is 114 Å². The summed E-state index contributed by atoms with van der Waals surface area (Å²) in [4.78, 5) is 30.0. The van der Waals surface area contributed by atoms with Gasteiger partial charge in [-0.2, -0.15) is 4.58 Å². The maximum absolute atomic E-state index is 14.2. The molecule has 0 fully saturated rings. The van der Waals surface area contributed by atoms with Gasteiger partial charge < -0.3 is 19.5 Å². The molecule has 0 spiro atoms. The number of aldehydes is 1. The van der Waals surface area contributed by atoms with Crippen LogP contribution >= 0.6 is 22.7 Å². The molecule has 9 heteroatoms. The van der Waals surface area contributed by atoms with E-state index in [1.165, 1.54) is 47.4 Å². The first-order valence-corrected chi connectivity index (χ1v) is 23.2. The number of rotatable bonds is 16. The topological polar surface area (TPSA) is 79.1 Å². The van der Waals surface area contributed by atoms with E-state index in [0.717, 1.165) is 111 Å². The van der Waals surface area contributed by atoms with Crippen molar-refractivity contribution in [2.75, 3.05) is 32.2 Å². The number of unbranched alkanes of at least 4 members (excludes halogenated alkanes) is 6. The molecule has 0 radical (unpaired) electrons. The number of carbonyl (C=O) groups excluding carboxylic acids is 2. The van der Waals surface area contributed by atoms with E-state index in [-0.39, 0.29) is 17.0 Å². The summed E-state index contributed by atoms with van der Waals surface area (Å²) < 4.78 is 16.2. The molecule has 2 aliphatic heterocycles. The van der Waals surface area contributed by atoms with Crippen LogP contribution in [0, 0.1) is 0 Å². The fourth-order valence-corrected chi connectivity index (χ4v) is 11.8. The first-order chi connectivity index (χ1) is 28.9. The van der Waals surface area contributed by atoms with E-state index < -0.39 is 5.41 Å². The van der Waals surface area contributed by atoms with E-state index in [1.54, 1.807) is 25.6 Å². The normalized spacial score (nSPS) is 18.0. The van der Waals surface area contributed by atoms with Gasteiger partial charge in [0.05, 0.1) is 45.1 Å². The molecule has 0 amide bonds. The van der Waals surface area contributed by atoms with Crippen LogP contribution in [0.3, 0.4) is 0 Å². The lowest BCUT2D eigenvalue weighted by Gasteiger charge is -2.29. The number of allylic oxidation sites excluding steroid dienone is 5. The molecule has 1 N–H and O–H groups in total. The summed E-state index contributed by atoms with van der Waals surface area (Å²) in [6.45, 7) is 15.0. The molecule has 60 heavy (non-hydrogen) atoms. The molecular weight excluding hydrogens is 785 g/mol. The Labute approximate surface area is 362 Å². The average molecular weight is 842 g/mol. The van der Waals surface area contributed by atoms with Crippen LogP contribution in [0.2, 0.25) is 0 Å². The zero-order valence-corrected chi connectivity index (χ0v) is 37.9. The predicted molar refractivity (Wildman–Crippen MR) is 250 cm³/mol. The van der Waals surface area contributed by atoms with Gasteiger partial charge in [0.25, 0.3) is 0 Å². The van der Waals surface area contributed by atoms with E-state index in [9.17, 15) is 14.7 Å². The molecule has 8 rings (SSSR count). The van der Waals surface area contributed by atoms with Crippen LogP contribution in [0.5, 0.6) is 11.5 Å². The Morgan fingerprint density at radius 3 is 2.15 bits per heavy atom. The number of para-hydroxylation sites is 1. The SMILES string of the molecule is CCCCCCN1/C(=C\C2=C(O)C(=CC3=[N+](CCCCCC)c4ccc(-c5cc6c(OC)c7sc(C=O)cc7c(OC)c6s5)cc4C3(C)C)C2=O)C(C)(C)c2ccccc21. The number of thiophene rings is 2. The van der Waals surface area contributed by atoms with Gasteiger partial charge in [0.15, 0.2) is 12.0 Å². The summed E-state index contributed by atoms with van der Waals surface area (Å²) in [5.41, 5.74) is 7.90.